The molecule has 1 saturated carbocycles. The molecule has 2 atom stereocenters. The second-order valence-corrected chi connectivity index (χ2v) is 7.33. The van der Waals surface area contributed by atoms with Crippen LogP contribution >= 0.6 is 11.8 Å². The van der Waals surface area contributed by atoms with Gasteiger partial charge in [0.2, 0.25) is 5.91 Å². The average Bonchev–Trinajstić information content (AvgIpc) is 2.54. The highest BCUT2D eigenvalue weighted by Gasteiger charge is 2.23. The maximum Gasteiger partial charge on any atom is 0.230 e. The van der Waals surface area contributed by atoms with Crippen LogP contribution in [0.1, 0.15) is 61.1 Å². The smallest absolute Gasteiger partial charge is 0.230 e. The van der Waals surface area contributed by atoms with E-state index in [9.17, 15) is 14.9 Å². The van der Waals surface area contributed by atoms with Gasteiger partial charge in [-0.3, -0.25) is 9.59 Å². The number of pyridine rings is 1. The quantitative estimate of drug-likeness (QED) is 0.654. The summed E-state index contributed by atoms with van der Waals surface area (Å²) in [6.07, 6.45) is 4.59. The molecule has 0 spiro atoms. The lowest BCUT2D eigenvalue weighted by molar-refractivity contribution is -0.119. The Morgan fingerprint density at radius 2 is 2.12 bits per heavy atom. The van der Waals surface area contributed by atoms with Gasteiger partial charge in [-0.05, 0) is 38.7 Å². The molecule has 2 rings (SSSR count). The molecular formula is C18H23N3O2S. The molecule has 1 N–H and O–H groups in total. The van der Waals surface area contributed by atoms with E-state index >= 15 is 0 Å². The number of aromatic nitrogens is 1. The molecule has 24 heavy (non-hydrogen) atoms. The molecule has 1 aromatic rings. The zero-order valence-corrected chi connectivity index (χ0v) is 15.2. The molecule has 1 fully saturated rings. The van der Waals surface area contributed by atoms with Crippen molar-refractivity contribution in [2.75, 3.05) is 5.75 Å². The number of nitriles is 1. The third-order valence-electron chi connectivity index (χ3n) is 4.48. The Kier molecular flexibility index (Phi) is 6.38. The van der Waals surface area contributed by atoms with Crippen molar-refractivity contribution in [3.05, 3.63) is 22.9 Å². The monoisotopic (exact) mass is 345 g/mol. The number of nitrogens with zero attached hydrogens (tertiary/aromatic N) is 2. The summed E-state index contributed by atoms with van der Waals surface area (Å²) in [5, 5.41) is 12.9. The Morgan fingerprint density at radius 1 is 1.42 bits per heavy atom. The summed E-state index contributed by atoms with van der Waals surface area (Å²) in [5.74, 6) is 0.594. The highest BCUT2D eigenvalue weighted by atomic mass is 32.2. The first-order chi connectivity index (χ1) is 11.4. The van der Waals surface area contributed by atoms with E-state index in [0.29, 0.717) is 27.8 Å². The molecule has 1 aliphatic rings. The van der Waals surface area contributed by atoms with Crippen LogP contribution in [0.5, 0.6) is 0 Å². The molecule has 6 heteroatoms. The van der Waals surface area contributed by atoms with E-state index in [1.54, 1.807) is 13.0 Å². The van der Waals surface area contributed by atoms with Crippen molar-refractivity contribution in [1.82, 2.24) is 10.3 Å². The van der Waals surface area contributed by atoms with E-state index in [2.05, 4.69) is 23.3 Å². The van der Waals surface area contributed by atoms with Gasteiger partial charge in [-0.25, -0.2) is 4.98 Å². The minimum atomic E-state index is -0.114. The molecular weight excluding hydrogens is 322 g/mol. The van der Waals surface area contributed by atoms with E-state index in [4.69, 9.17) is 0 Å². The van der Waals surface area contributed by atoms with Crippen LogP contribution in [0, 0.1) is 24.2 Å². The fraction of sp³-hybridized carbons (Fsp3) is 0.556. The molecule has 0 bridgehead atoms. The van der Waals surface area contributed by atoms with E-state index in [0.717, 1.165) is 19.3 Å². The maximum atomic E-state index is 12.2. The molecule has 0 aliphatic heterocycles. The summed E-state index contributed by atoms with van der Waals surface area (Å²) >= 11 is 1.25. The second kappa shape index (κ2) is 8.29. The number of carbonyl (C=O) groups excluding carboxylic acids is 2. The predicted octanol–water partition coefficient (Wildman–Crippen LogP) is 3.25. The zero-order chi connectivity index (χ0) is 17.7. The van der Waals surface area contributed by atoms with Gasteiger partial charge in [-0.2, -0.15) is 5.26 Å². The van der Waals surface area contributed by atoms with Gasteiger partial charge in [0.1, 0.15) is 11.1 Å². The largest absolute Gasteiger partial charge is 0.352 e. The number of carbonyl (C=O) groups is 2. The predicted molar refractivity (Wildman–Crippen MR) is 94.0 cm³/mol. The number of ketones is 1. The highest BCUT2D eigenvalue weighted by Crippen LogP contribution is 2.25. The van der Waals surface area contributed by atoms with Crippen LogP contribution in [-0.2, 0) is 4.79 Å². The molecule has 0 saturated heterocycles. The van der Waals surface area contributed by atoms with Crippen LogP contribution < -0.4 is 5.32 Å². The van der Waals surface area contributed by atoms with Crippen molar-refractivity contribution >= 4 is 23.5 Å². The molecule has 5 nitrogen and oxygen atoms in total. The van der Waals surface area contributed by atoms with Gasteiger partial charge in [0.15, 0.2) is 5.78 Å². The highest BCUT2D eigenvalue weighted by molar-refractivity contribution is 8.00. The fourth-order valence-electron chi connectivity index (χ4n) is 3.04. The summed E-state index contributed by atoms with van der Waals surface area (Å²) in [6, 6.07) is 3.87. The topological polar surface area (TPSA) is 82.8 Å². The number of nitrogens with one attached hydrogen (secondary N) is 1. The molecule has 2 unspecified atom stereocenters. The van der Waals surface area contributed by atoms with E-state index in [1.807, 2.05) is 0 Å². The molecule has 0 aromatic carbocycles. The van der Waals surface area contributed by atoms with Crippen LogP contribution in [0.25, 0.3) is 0 Å². The second-order valence-electron chi connectivity index (χ2n) is 6.37. The summed E-state index contributed by atoms with van der Waals surface area (Å²) in [4.78, 5) is 28.1. The first kappa shape index (κ1) is 18.5. The number of rotatable bonds is 5. The van der Waals surface area contributed by atoms with E-state index < -0.39 is 0 Å². The third kappa shape index (κ3) is 4.57. The van der Waals surface area contributed by atoms with Gasteiger partial charge < -0.3 is 5.32 Å². The number of thioether (sulfide) groups is 1. The Labute approximate surface area is 147 Å². The van der Waals surface area contributed by atoms with Gasteiger partial charge >= 0.3 is 0 Å². The summed E-state index contributed by atoms with van der Waals surface area (Å²) < 4.78 is 0. The SMILES string of the molecule is CC(=O)c1cc(C#N)c(SCC(=O)NC2CCCCC2C)nc1C. The van der Waals surface area contributed by atoms with Crippen molar-refractivity contribution in [2.45, 2.75) is 57.5 Å². The lowest BCUT2D eigenvalue weighted by Crippen LogP contribution is -2.41. The number of aryl methyl sites for hydroxylation is 1. The van der Waals surface area contributed by atoms with Crippen molar-refractivity contribution in [3.8, 4) is 6.07 Å². The van der Waals surface area contributed by atoms with Gasteiger partial charge in [0.25, 0.3) is 0 Å². The van der Waals surface area contributed by atoms with Crippen molar-refractivity contribution in [1.29, 1.82) is 5.26 Å². The van der Waals surface area contributed by atoms with Gasteiger partial charge in [0.05, 0.1) is 11.3 Å². The Hall–Kier alpha value is -1.87. The maximum absolute atomic E-state index is 12.2. The van der Waals surface area contributed by atoms with Crippen molar-refractivity contribution < 1.29 is 9.59 Å². The zero-order valence-electron chi connectivity index (χ0n) is 14.4. The summed E-state index contributed by atoms with van der Waals surface area (Å²) in [5.41, 5.74) is 1.39. The van der Waals surface area contributed by atoms with Crippen LogP contribution in [0.3, 0.4) is 0 Å². The standard InChI is InChI=1S/C18H23N3O2S/c1-11-6-4-5-7-16(11)21-17(23)10-24-18-14(9-19)8-15(13(3)22)12(2)20-18/h8,11,16H,4-7,10H2,1-3H3,(H,21,23). The summed E-state index contributed by atoms with van der Waals surface area (Å²) in [6.45, 7) is 5.37. The van der Waals surface area contributed by atoms with Crippen LogP contribution in [-0.4, -0.2) is 28.5 Å². The average molecular weight is 345 g/mol. The Morgan fingerprint density at radius 3 is 2.75 bits per heavy atom. The fourth-order valence-corrected chi connectivity index (χ4v) is 3.86. The van der Waals surface area contributed by atoms with Crippen molar-refractivity contribution in [3.63, 3.8) is 0 Å². The molecule has 1 aromatic heterocycles. The summed E-state index contributed by atoms with van der Waals surface area (Å²) in [7, 11) is 0. The number of amides is 1. The van der Waals surface area contributed by atoms with Crippen LogP contribution in [0.2, 0.25) is 0 Å². The lowest BCUT2D eigenvalue weighted by atomic mass is 9.86. The molecule has 1 heterocycles. The van der Waals surface area contributed by atoms with Crippen molar-refractivity contribution in [2.24, 2.45) is 5.92 Å². The Balaban J connectivity index is 2.01. The van der Waals surface area contributed by atoms with Crippen LogP contribution in [0.4, 0.5) is 0 Å². The minimum Gasteiger partial charge on any atom is -0.352 e. The minimum absolute atomic E-state index is 0.0299. The van der Waals surface area contributed by atoms with Gasteiger partial charge in [-0.15, -0.1) is 0 Å². The molecule has 1 amide bonds. The van der Waals surface area contributed by atoms with E-state index in [-0.39, 0.29) is 23.5 Å². The molecule has 0 radical (unpaired) electrons. The molecule has 1 aliphatic carbocycles. The first-order valence-electron chi connectivity index (χ1n) is 8.27. The lowest BCUT2D eigenvalue weighted by Gasteiger charge is -2.29. The number of hydrogen-bond donors (Lipinski definition) is 1. The molecule has 128 valence electrons. The normalized spacial score (nSPS) is 20.2. The Bertz CT molecular complexity index is 682. The van der Waals surface area contributed by atoms with Crippen LogP contribution in [0.15, 0.2) is 11.1 Å². The third-order valence-corrected chi connectivity index (χ3v) is 5.47. The van der Waals surface area contributed by atoms with E-state index in [1.165, 1.54) is 25.1 Å². The number of Topliss-reactive ketones (excluding diaryl/α,β-unsaturated/α-hetero) is 1. The van der Waals surface area contributed by atoms with Gasteiger partial charge in [-0.1, -0.05) is 31.5 Å². The van der Waals surface area contributed by atoms with Gasteiger partial charge in [0, 0.05) is 17.3 Å². The number of hydrogen-bond acceptors (Lipinski definition) is 5. The first-order valence-corrected chi connectivity index (χ1v) is 9.25.